The Morgan fingerprint density at radius 2 is 2.00 bits per heavy atom. The largest absolute Gasteiger partial charge is 0.374 e. The first-order valence-corrected chi connectivity index (χ1v) is 7.02. The molecule has 2 nitrogen and oxygen atoms in total. The predicted octanol–water partition coefficient (Wildman–Crippen LogP) is 2.88. The minimum absolute atomic E-state index is 0.597. The van der Waals surface area contributed by atoms with Crippen LogP contribution >= 0.6 is 0 Å². The highest BCUT2D eigenvalue weighted by atomic mass is 15.1. The van der Waals surface area contributed by atoms with E-state index in [1.54, 1.807) is 0 Å². The second-order valence-corrected chi connectivity index (χ2v) is 5.66. The smallest absolute Gasteiger partial charge is 0.0464 e. The molecular formula is C15H26N2. The SMILES string of the molecule is CCC1C=CC(CN2CCC(C)CC2)=CN1C. The van der Waals surface area contributed by atoms with Crippen molar-refractivity contribution >= 4 is 0 Å². The van der Waals surface area contributed by atoms with Crippen LogP contribution in [0.2, 0.25) is 0 Å². The van der Waals surface area contributed by atoms with Gasteiger partial charge in [0.1, 0.15) is 0 Å². The van der Waals surface area contributed by atoms with E-state index in [0.29, 0.717) is 6.04 Å². The number of likely N-dealkylation sites (N-methyl/N-ethyl adjacent to an activating group) is 1. The van der Waals surface area contributed by atoms with Crippen LogP contribution in [0.1, 0.15) is 33.1 Å². The molecule has 0 aliphatic carbocycles. The third kappa shape index (κ3) is 3.35. The molecule has 2 heterocycles. The zero-order valence-electron chi connectivity index (χ0n) is 11.5. The highest BCUT2D eigenvalue weighted by Crippen LogP contribution is 2.19. The van der Waals surface area contributed by atoms with Crippen molar-refractivity contribution in [2.75, 3.05) is 26.7 Å². The molecule has 96 valence electrons. The van der Waals surface area contributed by atoms with Gasteiger partial charge in [-0.25, -0.2) is 0 Å². The molecule has 0 aromatic carbocycles. The van der Waals surface area contributed by atoms with E-state index in [-0.39, 0.29) is 0 Å². The molecule has 2 aliphatic heterocycles. The first-order chi connectivity index (χ1) is 8.19. The standard InChI is InChI=1S/C15H26N2/c1-4-15-6-5-14(11-16(15)3)12-17-9-7-13(2)8-10-17/h5-6,11,13,15H,4,7-10,12H2,1-3H3. The lowest BCUT2D eigenvalue weighted by molar-refractivity contribution is 0.206. The first-order valence-electron chi connectivity index (χ1n) is 7.02. The normalized spacial score (nSPS) is 27.4. The maximum atomic E-state index is 2.59. The van der Waals surface area contributed by atoms with Gasteiger partial charge in [-0.1, -0.05) is 26.0 Å². The highest BCUT2D eigenvalue weighted by molar-refractivity contribution is 5.25. The second kappa shape index (κ2) is 5.72. The van der Waals surface area contributed by atoms with Crippen molar-refractivity contribution < 1.29 is 0 Å². The summed E-state index contributed by atoms with van der Waals surface area (Å²) in [4.78, 5) is 4.94. The van der Waals surface area contributed by atoms with Gasteiger partial charge in [-0.15, -0.1) is 0 Å². The summed E-state index contributed by atoms with van der Waals surface area (Å²) in [6.07, 6.45) is 10.9. The molecule has 2 rings (SSSR count). The van der Waals surface area contributed by atoms with E-state index in [1.165, 1.54) is 37.9 Å². The van der Waals surface area contributed by atoms with Crippen molar-refractivity contribution in [1.29, 1.82) is 0 Å². The van der Waals surface area contributed by atoms with Crippen molar-refractivity contribution in [3.05, 3.63) is 23.9 Å². The van der Waals surface area contributed by atoms with E-state index < -0.39 is 0 Å². The van der Waals surface area contributed by atoms with Gasteiger partial charge in [0.25, 0.3) is 0 Å². The molecule has 0 bridgehead atoms. The zero-order valence-corrected chi connectivity index (χ0v) is 11.5. The van der Waals surface area contributed by atoms with Crippen LogP contribution in [-0.4, -0.2) is 42.5 Å². The minimum Gasteiger partial charge on any atom is -0.374 e. The van der Waals surface area contributed by atoms with Crippen LogP contribution in [0.15, 0.2) is 23.9 Å². The maximum Gasteiger partial charge on any atom is 0.0464 e. The summed E-state index contributed by atoms with van der Waals surface area (Å²) < 4.78 is 0. The third-order valence-electron chi connectivity index (χ3n) is 4.13. The van der Waals surface area contributed by atoms with Gasteiger partial charge < -0.3 is 4.90 Å². The van der Waals surface area contributed by atoms with Crippen LogP contribution in [0.25, 0.3) is 0 Å². The van der Waals surface area contributed by atoms with Gasteiger partial charge in [0, 0.05) is 25.8 Å². The summed E-state index contributed by atoms with van der Waals surface area (Å²) in [5.41, 5.74) is 1.46. The molecule has 1 fully saturated rings. The van der Waals surface area contributed by atoms with E-state index in [1.807, 2.05) is 0 Å². The lowest BCUT2D eigenvalue weighted by Gasteiger charge is -2.33. The van der Waals surface area contributed by atoms with Crippen LogP contribution in [-0.2, 0) is 0 Å². The van der Waals surface area contributed by atoms with Crippen molar-refractivity contribution in [1.82, 2.24) is 9.80 Å². The lowest BCUT2D eigenvalue weighted by atomic mass is 9.98. The number of likely N-dealkylation sites (tertiary alicyclic amines) is 1. The molecule has 0 aromatic rings. The Morgan fingerprint density at radius 1 is 1.29 bits per heavy atom. The van der Waals surface area contributed by atoms with Crippen LogP contribution in [0.4, 0.5) is 0 Å². The van der Waals surface area contributed by atoms with Gasteiger partial charge in [0.2, 0.25) is 0 Å². The maximum absolute atomic E-state index is 2.59. The Bertz CT molecular complexity index is 298. The molecule has 1 saturated heterocycles. The van der Waals surface area contributed by atoms with Crippen LogP contribution in [0.5, 0.6) is 0 Å². The summed E-state index contributed by atoms with van der Waals surface area (Å²) in [6, 6.07) is 0.597. The average Bonchev–Trinajstić information content (AvgIpc) is 2.32. The number of hydrogen-bond acceptors (Lipinski definition) is 2. The van der Waals surface area contributed by atoms with Gasteiger partial charge in [-0.3, -0.25) is 4.90 Å². The molecule has 0 aromatic heterocycles. The van der Waals surface area contributed by atoms with E-state index >= 15 is 0 Å². The summed E-state index contributed by atoms with van der Waals surface area (Å²) in [5.74, 6) is 0.925. The van der Waals surface area contributed by atoms with Crippen LogP contribution < -0.4 is 0 Å². The fourth-order valence-electron chi connectivity index (χ4n) is 2.77. The van der Waals surface area contributed by atoms with E-state index in [0.717, 1.165) is 12.5 Å². The number of rotatable bonds is 3. The Morgan fingerprint density at radius 3 is 2.59 bits per heavy atom. The molecule has 1 atom stereocenters. The predicted molar refractivity (Wildman–Crippen MR) is 73.9 cm³/mol. The number of hydrogen-bond donors (Lipinski definition) is 0. The lowest BCUT2D eigenvalue weighted by Crippen LogP contribution is -2.35. The summed E-state index contributed by atoms with van der Waals surface area (Å²) in [6.45, 7) is 8.29. The van der Waals surface area contributed by atoms with Crippen molar-refractivity contribution in [2.24, 2.45) is 5.92 Å². The van der Waals surface area contributed by atoms with Crippen molar-refractivity contribution in [3.63, 3.8) is 0 Å². The van der Waals surface area contributed by atoms with Crippen molar-refractivity contribution in [2.45, 2.75) is 39.2 Å². The zero-order chi connectivity index (χ0) is 12.3. The highest BCUT2D eigenvalue weighted by Gasteiger charge is 2.18. The van der Waals surface area contributed by atoms with Crippen LogP contribution in [0.3, 0.4) is 0 Å². The summed E-state index contributed by atoms with van der Waals surface area (Å²) in [5, 5.41) is 0. The molecule has 2 heteroatoms. The summed E-state index contributed by atoms with van der Waals surface area (Å²) >= 11 is 0. The minimum atomic E-state index is 0.597. The molecule has 2 aliphatic rings. The first kappa shape index (κ1) is 12.7. The number of nitrogens with zero attached hydrogens (tertiary/aromatic N) is 2. The van der Waals surface area contributed by atoms with E-state index in [4.69, 9.17) is 0 Å². The topological polar surface area (TPSA) is 6.48 Å². The van der Waals surface area contributed by atoms with Gasteiger partial charge in [0.05, 0.1) is 0 Å². The number of piperidine rings is 1. The van der Waals surface area contributed by atoms with Crippen LogP contribution in [0, 0.1) is 5.92 Å². The van der Waals surface area contributed by atoms with E-state index in [2.05, 4.69) is 49.0 Å². The fourth-order valence-corrected chi connectivity index (χ4v) is 2.77. The Kier molecular flexibility index (Phi) is 4.27. The molecular weight excluding hydrogens is 208 g/mol. The molecule has 0 radical (unpaired) electrons. The van der Waals surface area contributed by atoms with Crippen molar-refractivity contribution in [3.8, 4) is 0 Å². The molecule has 0 spiro atoms. The average molecular weight is 234 g/mol. The monoisotopic (exact) mass is 234 g/mol. The Hall–Kier alpha value is -0.760. The molecule has 0 saturated carbocycles. The molecule has 0 N–H and O–H groups in total. The fraction of sp³-hybridized carbons (Fsp3) is 0.733. The van der Waals surface area contributed by atoms with Gasteiger partial charge in [-0.2, -0.15) is 0 Å². The van der Waals surface area contributed by atoms with Gasteiger partial charge >= 0.3 is 0 Å². The summed E-state index contributed by atoms with van der Waals surface area (Å²) in [7, 11) is 2.19. The quantitative estimate of drug-likeness (QED) is 0.741. The molecule has 0 amide bonds. The van der Waals surface area contributed by atoms with E-state index in [9.17, 15) is 0 Å². The van der Waals surface area contributed by atoms with Gasteiger partial charge in [0.15, 0.2) is 0 Å². The Balaban J connectivity index is 1.86. The Labute approximate surface area is 106 Å². The third-order valence-corrected chi connectivity index (χ3v) is 4.13. The second-order valence-electron chi connectivity index (χ2n) is 5.66. The molecule has 17 heavy (non-hydrogen) atoms. The molecule has 1 unspecified atom stereocenters. The van der Waals surface area contributed by atoms with Gasteiger partial charge in [-0.05, 0) is 43.8 Å².